The molecule has 0 heterocycles. The minimum Gasteiger partial charge on any atom is -0.354 e. The highest BCUT2D eigenvalue weighted by Crippen LogP contribution is 2.04. The van der Waals surface area contributed by atoms with Crippen LogP contribution in [0.2, 0.25) is 0 Å². The van der Waals surface area contributed by atoms with Gasteiger partial charge in [0.1, 0.15) is 0 Å². The molecule has 0 radical (unpaired) electrons. The van der Waals surface area contributed by atoms with Crippen LogP contribution < -0.4 is 33.2 Å². The summed E-state index contributed by atoms with van der Waals surface area (Å²) in [5.74, 6) is -0.423. The molecule has 6 unspecified atom stereocenters. The molecule has 0 rings (SSSR count). The molecule has 0 aliphatic carbocycles. The number of hydrogen-bond acceptors (Lipinski definition) is 6. The molecular formula is C19H44N6O3. The van der Waals surface area contributed by atoms with Crippen LogP contribution >= 0.6 is 0 Å². The zero-order chi connectivity index (χ0) is 21.7. The van der Waals surface area contributed by atoms with Crippen LogP contribution in [0.1, 0.15) is 68.7 Å². The predicted molar refractivity (Wildman–Crippen MR) is 115 cm³/mol. The van der Waals surface area contributed by atoms with Gasteiger partial charge in [0.2, 0.25) is 17.7 Å². The number of nitrogens with one attached hydrogen (secondary N) is 3. The average Bonchev–Trinajstić information content (AvgIpc) is 2.44. The maximum atomic E-state index is 11.1. The van der Waals surface area contributed by atoms with E-state index in [2.05, 4.69) is 16.0 Å². The quantitative estimate of drug-likeness (QED) is 0.315. The Morgan fingerprint density at radius 2 is 1.18 bits per heavy atom. The van der Waals surface area contributed by atoms with Crippen molar-refractivity contribution in [2.75, 3.05) is 0 Å². The van der Waals surface area contributed by atoms with E-state index in [1.165, 1.54) is 20.8 Å². The molecule has 0 saturated carbocycles. The first-order chi connectivity index (χ1) is 12.3. The summed E-state index contributed by atoms with van der Waals surface area (Å²) in [6, 6.07) is -0.224. The van der Waals surface area contributed by atoms with Crippen molar-refractivity contribution in [1.29, 1.82) is 0 Å². The Morgan fingerprint density at radius 3 is 1.46 bits per heavy atom. The van der Waals surface area contributed by atoms with Crippen LogP contribution in [0.4, 0.5) is 0 Å². The van der Waals surface area contributed by atoms with Gasteiger partial charge in [0.25, 0.3) is 0 Å². The molecule has 28 heavy (non-hydrogen) atoms. The summed E-state index contributed by atoms with van der Waals surface area (Å²) < 4.78 is 0. The fraction of sp³-hybridized carbons (Fsp3) is 0.842. The van der Waals surface area contributed by atoms with Gasteiger partial charge in [-0.15, -0.1) is 0 Å². The monoisotopic (exact) mass is 404 g/mol. The number of carbonyl (C=O) groups excluding carboxylic acids is 3. The van der Waals surface area contributed by atoms with Gasteiger partial charge >= 0.3 is 0 Å². The molecule has 0 spiro atoms. The summed E-state index contributed by atoms with van der Waals surface area (Å²) in [5.41, 5.74) is 16.6. The van der Waals surface area contributed by atoms with Crippen molar-refractivity contribution in [3.8, 4) is 0 Å². The van der Waals surface area contributed by atoms with Crippen LogP contribution in [-0.4, -0.2) is 54.0 Å². The van der Waals surface area contributed by atoms with Crippen LogP contribution in [0.25, 0.3) is 0 Å². The lowest BCUT2D eigenvalue weighted by Gasteiger charge is -2.28. The molecule has 168 valence electrons. The molecular weight excluding hydrogens is 360 g/mol. The van der Waals surface area contributed by atoms with E-state index < -0.39 is 0 Å². The van der Waals surface area contributed by atoms with Crippen molar-refractivity contribution in [1.82, 2.24) is 16.0 Å². The average molecular weight is 405 g/mol. The van der Waals surface area contributed by atoms with Crippen molar-refractivity contribution in [2.45, 2.75) is 105 Å². The third-order valence-corrected chi connectivity index (χ3v) is 3.80. The van der Waals surface area contributed by atoms with Crippen LogP contribution in [-0.2, 0) is 14.4 Å². The van der Waals surface area contributed by atoms with Crippen LogP contribution in [0.5, 0.6) is 0 Å². The molecule has 0 aromatic heterocycles. The molecule has 0 aliphatic rings. The normalized spacial score (nSPS) is 16.5. The van der Waals surface area contributed by atoms with Gasteiger partial charge < -0.3 is 33.2 Å². The van der Waals surface area contributed by atoms with Crippen molar-refractivity contribution in [2.24, 2.45) is 17.2 Å². The van der Waals surface area contributed by atoms with E-state index in [1.807, 2.05) is 27.7 Å². The zero-order valence-corrected chi connectivity index (χ0v) is 17.8. The predicted octanol–water partition coefficient (Wildman–Crippen LogP) is -0.0353. The van der Waals surface area contributed by atoms with E-state index in [-0.39, 0.29) is 61.4 Å². The number of hydrogen-bond donors (Lipinski definition) is 6. The van der Waals surface area contributed by atoms with Crippen molar-refractivity contribution >= 4 is 17.7 Å². The summed E-state index contributed by atoms with van der Waals surface area (Å²) in [6.45, 7) is 11.8. The SMILES string of the molecule is C.CC(=O)NC(C)CC(NC(C)=O)C(C)NC(C)=O.CC(N)CC(N)C(C)N. The number of amides is 3. The summed E-state index contributed by atoms with van der Waals surface area (Å²) >= 11 is 0. The number of nitrogens with two attached hydrogens (primary N) is 3. The highest BCUT2D eigenvalue weighted by molar-refractivity contribution is 5.75. The molecule has 0 fully saturated rings. The lowest BCUT2D eigenvalue weighted by molar-refractivity contribution is -0.122. The number of rotatable bonds is 9. The Labute approximate surface area is 170 Å². The van der Waals surface area contributed by atoms with E-state index >= 15 is 0 Å². The highest BCUT2D eigenvalue weighted by atomic mass is 16.2. The Balaban J connectivity index is -0.000000530. The largest absolute Gasteiger partial charge is 0.354 e. The van der Waals surface area contributed by atoms with Crippen LogP contribution in [0, 0.1) is 0 Å². The molecule has 9 nitrogen and oxygen atoms in total. The first-order valence-corrected chi connectivity index (χ1v) is 9.34. The van der Waals surface area contributed by atoms with Crippen molar-refractivity contribution in [3.63, 3.8) is 0 Å². The Morgan fingerprint density at radius 1 is 0.750 bits per heavy atom. The third-order valence-electron chi connectivity index (χ3n) is 3.80. The van der Waals surface area contributed by atoms with Crippen LogP contribution in [0.3, 0.4) is 0 Å². The van der Waals surface area contributed by atoms with E-state index in [4.69, 9.17) is 17.2 Å². The second kappa shape index (κ2) is 16.3. The molecule has 0 aromatic carbocycles. The standard InChI is InChI=1S/C12H23N3O3.C6H17N3.CH4/c1-7(13-9(3)16)6-12(15-11(5)18)8(2)14-10(4)17;1-4(7)3-6(9)5(2)8;/h7-8,12H,6H2,1-5H3,(H,13,16)(H,14,17)(H,15,18);4-6H,3,7-9H2,1-2H3;1H4. The van der Waals surface area contributed by atoms with E-state index in [1.54, 1.807) is 0 Å². The molecule has 9 N–H and O–H groups in total. The first-order valence-electron chi connectivity index (χ1n) is 9.34. The first kappa shape index (κ1) is 31.0. The van der Waals surface area contributed by atoms with Gasteiger partial charge in [0.15, 0.2) is 0 Å². The van der Waals surface area contributed by atoms with E-state index in [9.17, 15) is 14.4 Å². The Kier molecular flexibility index (Phi) is 18.0. The summed E-state index contributed by atoms with van der Waals surface area (Å²) in [6.07, 6.45) is 1.36. The second-order valence-corrected chi connectivity index (χ2v) is 7.37. The fourth-order valence-electron chi connectivity index (χ4n) is 2.50. The summed E-state index contributed by atoms with van der Waals surface area (Å²) in [5, 5.41) is 8.28. The lowest BCUT2D eigenvalue weighted by Crippen LogP contribution is -2.51. The van der Waals surface area contributed by atoms with Gasteiger partial charge in [-0.1, -0.05) is 7.43 Å². The highest BCUT2D eigenvalue weighted by Gasteiger charge is 2.21. The second-order valence-electron chi connectivity index (χ2n) is 7.37. The summed E-state index contributed by atoms with van der Waals surface area (Å²) in [7, 11) is 0. The maximum absolute atomic E-state index is 11.1. The van der Waals surface area contributed by atoms with Crippen molar-refractivity contribution < 1.29 is 14.4 Å². The van der Waals surface area contributed by atoms with Gasteiger partial charge in [0.05, 0.1) is 6.04 Å². The van der Waals surface area contributed by atoms with E-state index in [0.29, 0.717) is 6.42 Å². The molecule has 0 bridgehead atoms. The molecule has 6 atom stereocenters. The molecule has 0 aliphatic heterocycles. The minimum absolute atomic E-state index is 0. The Bertz CT molecular complexity index is 457. The van der Waals surface area contributed by atoms with Gasteiger partial charge in [-0.2, -0.15) is 0 Å². The minimum atomic E-state index is -0.215. The number of carbonyl (C=O) groups is 3. The van der Waals surface area contributed by atoms with Crippen molar-refractivity contribution in [3.05, 3.63) is 0 Å². The zero-order valence-electron chi connectivity index (χ0n) is 17.8. The lowest BCUT2D eigenvalue weighted by atomic mass is 10.0. The van der Waals surface area contributed by atoms with Gasteiger partial charge in [0, 0.05) is 51.0 Å². The summed E-state index contributed by atoms with van der Waals surface area (Å²) in [4.78, 5) is 33.1. The topological polar surface area (TPSA) is 165 Å². The van der Waals surface area contributed by atoms with Gasteiger partial charge in [-0.05, 0) is 40.5 Å². The molecule has 9 heteroatoms. The Hall–Kier alpha value is -1.71. The third kappa shape index (κ3) is 19.1. The van der Waals surface area contributed by atoms with Crippen LogP contribution in [0.15, 0.2) is 0 Å². The fourth-order valence-corrected chi connectivity index (χ4v) is 2.50. The molecule has 0 aromatic rings. The van der Waals surface area contributed by atoms with Gasteiger partial charge in [-0.25, -0.2) is 0 Å². The van der Waals surface area contributed by atoms with Gasteiger partial charge in [-0.3, -0.25) is 14.4 Å². The molecule has 0 saturated heterocycles. The maximum Gasteiger partial charge on any atom is 0.217 e. The molecule has 3 amide bonds. The smallest absolute Gasteiger partial charge is 0.217 e. The van der Waals surface area contributed by atoms with E-state index in [0.717, 1.165) is 6.42 Å².